The van der Waals surface area contributed by atoms with Crippen LogP contribution in [0.25, 0.3) is 0 Å². The highest BCUT2D eigenvalue weighted by Gasteiger charge is 2.28. The topological polar surface area (TPSA) is 87.2 Å². The lowest BCUT2D eigenvalue weighted by Crippen LogP contribution is -2.46. The Morgan fingerprint density at radius 1 is 1.14 bits per heavy atom. The van der Waals surface area contributed by atoms with E-state index in [1.165, 1.54) is 0 Å². The van der Waals surface area contributed by atoms with E-state index in [-0.39, 0.29) is 17.7 Å². The van der Waals surface area contributed by atoms with Crippen LogP contribution in [0.3, 0.4) is 0 Å². The van der Waals surface area contributed by atoms with Gasteiger partial charge in [-0.05, 0) is 38.8 Å². The fourth-order valence-electron chi connectivity index (χ4n) is 3.57. The standard InChI is InChI=1S/C21H27N5O2/c1-15-10-16(2)12-18(11-15)21(28)26-9-3-4-17(14-26)20(27)25-8-7-24-19-13-22-5-6-23-19/h5-6,10-13,17H,3-4,7-9,14H2,1-2H3,(H,23,24)(H,25,27)/t17-/m0/s1. The molecule has 0 bridgehead atoms. The molecule has 1 aromatic heterocycles. The second-order valence-electron chi connectivity index (χ2n) is 7.28. The Bertz CT molecular complexity index is 805. The molecule has 28 heavy (non-hydrogen) atoms. The molecule has 1 aromatic carbocycles. The summed E-state index contributed by atoms with van der Waals surface area (Å²) in [6.07, 6.45) is 6.51. The average molecular weight is 381 g/mol. The molecule has 1 aliphatic heterocycles. The summed E-state index contributed by atoms with van der Waals surface area (Å²) in [6.45, 7) is 6.22. The molecule has 7 nitrogen and oxygen atoms in total. The molecule has 0 saturated carbocycles. The minimum absolute atomic E-state index is 0.00105. The lowest BCUT2D eigenvalue weighted by atomic mass is 9.96. The number of hydrogen-bond donors (Lipinski definition) is 2. The maximum Gasteiger partial charge on any atom is 0.253 e. The molecule has 2 heterocycles. The van der Waals surface area contributed by atoms with Gasteiger partial charge < -0.3 is 15.5 Å². The maximum absolute atomic E-state index is 12.9. The summed E-state index contributed by atoms with van der Waals surface area (Å²) < 4.78 is 0. The van der Waals surface area contributed by atoms with E-state index in [9.17, 15) is 9.59 Å². The van der Waals surface area contributed by atoms with Crippen LogP contribution in [0, 0.1) is 19.8 Å². The van der Waals surface area contributed by atoms with E-state index in [0.29, 0.717) is 37.6 Å². The van der Waals surface area contributed by atoms with E-state index in [4.69, 9.17) is 0 Å². The summed E-state index contributed by atoms with van der Waals surface area (Å²) in [4.78, 5) is 35.3. The van der Waals surface area contributed by atoms with Crippen molar-refractivity contribution in [1.82, 2.24) is 20.2 Å². The predicted molar refractivity (Wildman–Crippen MR) is 108 cm³/mol. The summed E-state index contributed by atoms with van der Waals surface area (Å²) in [5.74, 6) is 0.521. The first kappa shape index (κ1) is 19.8. The number of amides is 2. The van der Waals surface area contributed by atoms with Crippen LogP contribution >= 0.6 is 0 Å². The van der Waals surface area contributed by atoms with Crippen molar-refractivity contribution in [3.63, 3.8) is 0 Å². The summed E-state index contributed by atoms with van der Waals surface area (Å²) in [5.41, 5.74) is 2.85. The molecule has 148 valence electrons. The number of carbonyl (C=O) groups excluding carboxylic acids is 2. The third kappa shape index (κ3) is 5.28. The van der Waals surface area contributed by atoms with Crippen molar-refractivity contribution in [2.75, 3.05) is 31.5 Å². The highest BCUT2D eigenvalue weighted by molar-refractivity contribution is 5.95. The van der Waals surface area contributed by atoms with Gasteiger partial charge in [0.2, 0.25) is 5.91 Å². The number of carbonyl (C=O) groups is 2. The van der Waals surface area contributed by atoms with E-state index in [1.807, 2.05) is 26.0 Å². The van der Waals surface area contributed by atoms with Crippen LogP contribution < -0.4 is 10.6 Å². The van der Waals surface area contributed by atoms with Crippen LogP contribution in [0.5, 0.6) is 0 Å². The zero-order chi connectivity index (χ0) is 19.9. The molecule has 1 fully saturated rings. The summed E-state index contributed by atoms with van der Waals surface area (Å²) in [5, 5.41) is 6.06. The molecule has 0 spiro atoms. The van der Waals surface area contributed by atoms with Crippen LogP contribution in [0.15, 0.2) is 36.8 Å². The molecular formula is C21H27N5O2. The molecular weight excluding hydrogens is 354 g/mol. The molecule has 1 saturated heterocycles. The number of hydrogen-bond acceptors (Lipinski definition) is 5. The van der Waals surface area contributed by atoms with Gasteiger partial charge in [-0.1, -0.05) is 17.2 Å². The van der Waals surface area contributed by atoms with E-state index in [2.05, 4.69) is 26.7 Å². The quantitative estimate of drug-likeness (QED) is 0.749. The van der Waals surface area contributed by atoms with Gasteiger partial charge in [0.25, 0.3) is 5.91 Å². The Balaban J connectivity index is 1.49. The number of rotatable bonds is 6. The van der Waals surface area contributed by atoms with Crippen molar-refractivity contribution in [3.05, 3.63) is 53.5 Å². The predicted octanol–water partition coefficient (Wildman–Crippen LogP) is 2.17. The van der Waals surface area contributed by atoms with Gasteiger partial charge in [-0.15, -0.1) is 0 Å². The first-order chi connectivity index (χ1) is 13.5. The Kier molecular flexibility index (Phi) is 6.57. The highest BCUT2D eigenvalue weighted by atomic mass is 16.2. The molecule has 2 N–H and O–H groups in total. The number of aryl methyl sites for hydroxylation is 2. The van der Waals surface area contributed by atoms with Gasteiger partial charge >= 0.3 is 0 Å². The number of benzene rings is 1. The molecule has 0 aliphatic carbocycles. The van der Waals surface area contributed by atoms with Gasteiger partial charge in [0.1, 0.15) is 5.82 Å². The van der Waals surface area contributed by atoms with Crippen LogP contribution in [-0.4, -0.2) is 52.9 Å². The van der Waals surface area contributed by atoms with Crippen LogP contribution in [0.1, 0.15) is 34.3 Å². The fourth-order valence-corrected chi connectivity index (χ4v) is 3.57. The van der Waals surface area contributed by atoms with E-state index in [0.717, 1.165) is 24.0 Å². The zero-order valence-corrected chi connectivity index (χ0v) is 16.4. The monoisotopic (exact) mass is 381 g/mol. The third-order valence-electron chi connectivity index (χ3n) is 4.84. The largest absolute Gasteiger partial charge is 0.367 e. The number of nitrogens with one attached hydrogen (secondary N) is 2. The van der Waals surface area contributed by atoms with Crippen molar-refractivity contribution in [3.8, 4) is 0 Å². The minimum atomic E-state index is -0.167. The molecule has 0 unspecified atom stereocenters. The van der Waals surface area contributed by atoms with E-state index < -0.39 is 0 Å². The second kappa shape index (κ2) is 9.30. The van der Waals surface area contributed by atoms with Crippen molar-refractivity contribution >= 4 is 17.6 Å². The van der Waals surface area contributed by atoms with Crippen molar-refractivity contribution in [2.45, 2.75) is 26.7 Å². The second-order valence-corrected chi connectivity index (χ2v) is 7.28. The van der Waals surface area contributed by atoms with Gasteiger partial charge in [0, 0.05) is 44.1 Å². The number of piperidine rings is 1. The SMILES string of the molecule is Cc1cc(C)cc(C(=O)N2CCC[C@H](C(=O)NCCNc3cnccn3)C2)c1. The van der Waals surface area contributed by atoms with Gasteiger partial charge in [-0.3, -0.25) is 14.6 Å². The van der Waals surface area contributed by atoms with Crippen molar-refractivity contribution in [1.29, 1.82) is 0 Å². The van der Waals surface area contributed by atoms with E-state index >= 15 is 0 Å². The van der Waals surface area contributed by atoms with Gasteiger partial charge in [-0.2, -0.15) is 0 Å². The van der Waals surface area contributed by atoms with Crippen LogP contribution in [0.2, 0.25) is 0 Å². The Morgan fingerprint density at radius 3 is 2.64 bits per heavy atom. The third-order valence-corrected chi connectivity index (χ3v) is 4.84. The molecule has 7 heteroatoms. The van der Waals surface area contributed by atoms with Crippen molar-refractivity contribution < 1.29 is 9.59 Å². The minimum Gasteiger partial charge on any atom is -0.367 e. The Labute approximate surface area is 165 Å². The number of likely N-dealkylation sites (tertiary alicyclic amines) is 1. The first-order valence-corrected chi connectivity index (χ1v) is 9.68. The lowest BCUT2D eigenvalue weighted by molar-refractivity contribution is -0.126. The van der Waals surface area contributed by atoms with E-state index in [1.54, 1.807) is 23.5 Å². The number of anilines is 1. The normalized spacial score (nSPS) is 16.5. The highest BCUT2D eigenvalue weighted by Crippen LogP contribution is 2.20. The average Bonchev–Trinajstić information content (AvgIpc) is 2.70. The molecule has 1 aliphatic rings. The van der Waals surface area contributed by atoms with Gasteiger partial charge in [0.15, 0.2) is 0 Å². The molecule has 0 radical (unpaired) electrons. The first-order valence-electron chi connectivity index (χ1n) is 9.68. The smallest absolute Gasteiger partial charge is 0.253 e. The summed E-state index contributed by atoms with van der Waals surface area (Å²) in [6, 6.07) is 5.88. The van der Waals surface area contributed by atoms with Crippen LogP contribution in [-0.2, 0) is 4.79 Å². The zero-order valence-electron chi connectivity index (χ0n) is 16.4. The number of aromatic nitrogens is 2. The molecule has 3 rings (SSSR count). The Hall–Kier alpha value is -2.96. The van der Waals surface area contributed by atoms with Crippen LogP contribution in [0.4, 0.5) is 5.82 Å². The van der Waals surface area contributed by atoms with Gasteiger partial charge in [0.05, 0.1) is 12.1 Å². The lowest BCUT2D eigenvalue weighted by Gasteiger charge is -2.32. The molecule has 2 amide bonds. The molecule has 2 aromatic rings. The maximum atomic E-state index is 12.9. The molecule has 1 atom stereocenters. The fraction of sp³-hybridized carbons (Fsp3) is 0.429. The number of nitrogens with zero attached hydrogens (tertiary/aromatic N) is 3. The summed E-state index contributed by atoms with van der Waals surface area (Å²) >= 11 is 0. The van der Waals surface area contributed by atoms with Gasteiger partial charge in [-0.25, -0.2) is 4.98 Å². The summed E-state index contributed by atoms with van der Waals surface area (Å²) in [7, 11) is 0. The van der Waals surface area contributed by atoms with Crippen molar-refractivity contribution in [2.24, 2.45) is 5.92 Å². The Morgan fingerprint density at radius 2 is 1.93 bits per heavy atom.